The van der Waals surface area contributed by atoms with E-state index in [1.54, 1.807) is 19.2 Å². The maximum Gasteiger partial charge on any atom is 0.251 e. The van der Waals surface area contributed by atoms with E-state index in [9.17, 15) is 4.79 Å². The van der Waals surface area contributed by atoms with Crippen LogP contribution in [0.15, 0.2) is 12.1 Å². The van der Waals surface area contributed by atoms with Gasteiger partial charge in [0.25, 0.3) is 5.91 Å². The fourth-order valence-electron chi connectivity index (χ4n) is 1.70. The molecule has 0 aliphatic rings. The van der Waals surface area contributed by atoms with E-state index in [1.807, 2.05) is 5.43 Å². The van der Waals surface area contributed by atoms with Crippen molar-refractivity contribution in [2.75, 3.05) is 21.3 Å². The molecule has 0 radical (unpaired) electrons. The number of amides is 1. The molecule has 0 heterocycles. The van der Waals surface area contributed by atoms with Crippen molar-refractivity contribution in [3.63, 3.8) is 0 Å². The van der Waals surface area contributed by atoms with E-state index in [1.165, 1.54) is 14.2 Å². The number of rotatable bonds is 6. The summed E-state index contributed by atoms with van der Waals surface area (Å²) in [7, 11) is 4.58. The average molecular weight is 269 g/mol. The van der Waals surface area contributed by atoms with Gasteiger partial charge in [-0.2, -0.15) is 0 Å². The van der Waals surface area contributed by atoms with Crippen molar-refractivity contribution in [1.29, 1.82) is 0 Å². The van der Waals surface area contributed by atoms with Crippen molar-refractivity contribution in [3.05, 3.63) is 17.7 Å². The zero-order chi connectivity index (χ0) is 14.4. The molecule has 0 aromatic heterocycles. The lowest BCUT2D eigenvalue weighted by Crippen LogP contribution is -2.45. The van der Waals surface area contributed by atoms with Crippen molar-refractivity contribution < 1.29 is 19.0 Å². The van der Waals surface area contributed by atoms with Gasteiger partial charge in [-0.15, -0.1) is 0 Å². The predicted octanol–water partition coefficient (Wildman–Crippen LogP) is -0.428. The first kappa shape index (κ1) is 15.1. The molecule has 106 valence electrons. The molecule has 0 saturated heterocycles. The molecule has 0 aliphatic carbocycles. The summed E-state index contributed by atoms with van der Waals surface area (Å²) in [5, 5.41) is 0. The molecule has 1 rings (SSSR count). The smallest absolute Gasteiger partial charge is 0.251 e. The molecular weight excluding hydrogens is 250 g/mol. The quantitative estimate of drug-likeness (QED) is 0.367. The Morgan fingerprint density at radius 1 is 1.21 bits per heavy atom. The van der Waals surface area contributed by atoms with Gasteiger partial charge in [0.15, 0.2) is 0 Å². The first-order valence-corrected chi connectivity index (χ1v) is 5.62. The summed E-state index contributed by atoms with van der Waals surface area (Å²) in [5.74, 6) is 6.26. The van der Waals surface area contributed by atoms with Crippen LogP contribution in [0.3, 0.4) is 0 Å². The standard InChI is InChI=1S/C12H19N3O4/c1-17-7-4-10(18-2)8(11(5-7)19-3)6-9(13)12(16)15-14/h4-5,9H,6,13-14H2,1-3H3,(H,15,16). The number of benzene rings is 1. The molecule has 7 heteroatoms. The normalized spacial score (nSPS) is 11.6. The lowest BCUT2D eigenvalue weighted by atomic mass is 10.0. The third kappa shape index (κ3) is 3.49. The molecule has 1 atom stereocenters. The summed E-state index contributed by atoms with van der Waals surface area (Å²) in [6.07, 6.45) is 0.235. The highest BCUT2D eigenvalue weighted by Crippen LogP contribution is 2.34. The zero-order valence-electron chi connectivity index (χ0n) is 11.2. The SMILES string of the molecule is COc1cc(OC)c(CC(N)C(=O)NN)c(OC)c1. The third-order valence-corrected chi connectivity index (χ3v) is 2.72. The second-order valence-corrected chi connectivity index (χ2v) is 3.83. The van der Waals surface area contributed by atoms with Crippen molar-refractivity contribution in [2.45, 2.75) is 12.5 Å². The summed E-state index contributed by atoms with van der Waals surface area (Å²) in [4.78, 5) is 11.4. The van der Waals surface area contributed by atoms with E-state index in [-0.39, 0.29) is 6.42 Å². The first-order chi connectivity index (χ1) is 9.07. The number of ether oxygens (including phenoxy) is 3. The Morgan fingerprint density at radius 2 is 1.74 bits per heavy atom. The Morgan fingerprint density at radius 3 is 2.11 bits per heavy atom. The highest BCUT2D eigenvalue weighted by molar-refractivity contribution is 5.81. The largest absolute Gasteiger partial charge is 0.496 e. The molecule has 0 spiro atoms. The van der Waals surface area contributed by atoms with Crippen LogP contribution in [0.2, 0.25) is 0 Å². The minimum Gasteiger partial charge on any atom is -0.496 e. The number of carbonyl (C=O) groups is 1. The molecule has 1 aromatic carbocycles. The van der Waals surface area contributed by atoms with Crippen LogP contribution in [0, 0.1) is 0 Å². The predicted molar refractivity (Wildman–Crippen MR) is 70.1 cm³/mol. The fraction of sp³-hybridized carbons (Fsp3) is 0.417. The van der Waals surface area contributed by atoms with E-state index in [2.05, 4.69) is 0 Å². The molecule has 19 heavy (non-hydrogen) atoms. The lowest BCUT2D eigenvalue weighted by molar-refractivity contribution is -0.122. The Hall–Kier alpha value is -1.99. The Balaban J connectivity index is 3.13. The van der Waals surface area contributed by atoms with E-state index >= 15 is 0 Å². The van der Waals surface area contributed by atoms with Crippen LogP contribution in [0.5, 0.6) is 17.2 Å². The van der Waals surface area contributed by atoms with Gasteiger partial charge in [-0.3, -0.25) is 10.2 Å². The van der Waals surface area contributed by atoms with Crippen LogP contribution < -0.4 is 31.2 Å². The number of methoxy groups -OCH3 is 3. The lowest BCUT2D eigenvalue weighted by Gasteiger charge is -2.17. The summed E-state index contributed by atoms with van der Waals surface area (Å²) >= 11 is 0. The van der Waals surface area contributed by atoms with Gasteiger partial charge in [-0.05, 0) is 0 Å². The molecule has 1 unspecified atom stereocenters. The molecule has 1 aromatic rings. The van der Waals surface area contributed by atoms with E-state index < -0.39 is 11.9 Å². The third-order valence-electron chi connectivity index (χ3n) is 2.72. The number of hydrogen-bond donors (Lipinski definition) is 3. The van der Waals surface area contributed by atoms with Crippen LogP contribution in [0.1, 0.15) is 5.56 Å². The summed E-state index contributed by atoms with van der Waals surface area (Å²) in [5.41, 5.74) is 8.44. The highest BCUT2D eigenvalue weighted by atomic mass is 16.5. The molecule has 0 saturated carbocycles. The van der Waals surface area contributed by atoms with Crippen molar-refractivity contribution in [2.24, 2.45) is 11.6 Å². The van der Waals surface area contributed by atoms with Gasteiger partial charge in [-0.25, -0.2) is 5.84 Å². The first-order valence-electron chi connectivity index (χ1n) is 5.62. The molecular formula is C12H19N3O4. The van der Waals surface area contributed by atoms with Crippen molar-refractivity contribution >= 4 is 5.91 Å². The molecule has 0 aliphatic heterocycles. The number of nitrogens with two attached hydrogens (primary N) is 2. The summed E-state index contributed by atoms with van der Waals surface area (Å²) < 4.78 is 15.7. The maximum atomic E-state index is 11.4. The van der Waals surface area contributed by atoms with E-state index in [0.717, 1.165) is 0 Å². The van der Waals surface area contributed by atoms with Gasteiger partial charge in [-0.1, -0.05) is 0 Å². The van der Waals surface area contributed by atoms with Gasteiger partial charge in [0, 0.05) is 24.1 Å². The fourth-order valence-corrected chi connectivity index (χ4v) is 1.70. The summed E-state index contributed by atoms with van der Waals surface area (Å²) in [6.45, 7) is 0. The minimum absolute atomic E-state index is 0.235. The van der Waals surface area contributed by atoms with Gasteiger partial charge < -0.3 is 19.9 Å². The van der Waals surface area contributed by atoms with Gasteiger partial charge in [0.05, 0.1) is 27.4 Å². The Bertz CT molecular complexity index is 426. The monoisotopic (exact) mass is 269 g/mol. The van der Waals surface area contributed by atoms with Crippen molar-refractivity contribution in [1.82, 2.24) is 5.43 Å². The molecule has 1 amide bonds. The van der Waals surface area contributed by atoms with Crippen LogP contribution >= 0.6 is 0 Å². The number of hydrazine groups is 1. The van der Waals surface area contributed by atoms with Gasteiger partial charge >= 0.3 is 0 Å². The molecule has 7 nitrogen and oxygen atoms in total. The maximum absolute atomic E-state index is 11.4. The number of carbonyl (C=O) groups excluding carboxylic acids is 1. The topological polar surface area (TPSA) is 109 Å². The second kappa shape index (κ2) is 6.81. The van der Waals surface area contributed by atoms with Crippen LogP contribution in [-0.4, -0.2) is 33.3 Å². The molecule has 0 fully saturated rings. The second-order valence-electron chi connectivity index (χ2n) is 3.83. The van der Waals surface area contributed by atoms with Crippen LogP contribution in [0.25, 0.3) is 0 Å². The Labute approximate surface area is 111 Å². The minimum atomic E-state index is -0.791. The van der Waals surface area contributed by atoms with Crippen molar-refractivity contribution in [3.8, 4) is 17.2 Å². The average Bonchev–Trinajstić information content (AvgIpc) is 2.45. The van der Waals surface area contributed by atoms with E-state index in [0.29, 0.717) is 22.8 Å². The zero-order valence-corrected chi connectivity index (χ0v) is 11.2. The van der Waals surface area contributed by atoms with Crippen LogP contribution in [0.4, 0.5) is 0 Å². The van der Waals surface area contributed by atoms with E-state index in [4.69, 9.17) is 25.8 Å². The number of nitrogens with one attached hydrogen (secondary N) is 1. The summed E-state index contributed by atoms with van der Waals surface area (Å²) in [6, 6.07) is 2.61. The Kier molecular flexibility index (Phi) is 5.40. The highest BCUT2D eigenvalue weighted by Gasteiger charge is 2.20. The van der Waals surface area contributed by atoms with Gasteiger partial charge in [0.2, 0.25) is 0 Å². The van der Waals surface area contributed by atoms with Crippen LogP contribution in [-0.2, 0) is 11.2 Å². The number of hydrogen-bond acceptors (Lipinski definition) is 6. The van der Waals surface area contributed by atoms with Gasteiger partial charge in [0.1, 0.15) is 17.2 Å². The molecule has 0 bridgehead atoms. The molecule has 5 N–H and O–H groups in total.